The molecule has 1 aromatic rings. The molecule has 0 atom stereocenters. The summed E-state index contributed by atoms with van der Waals surface area (Å²) in [6.45, 7) is -4.88. The number of terminal acetylenes is 1. The molecule has 68 valence electrons. The van der Waals surface area contributed by atoms with E-state index in [0.717, 1.165) is 12.5 Å². The molecule has 0 saturated heterocycles. The van der Waals surface area contributed by atoms with Crippen LogP contribution in [-0.4, -0.2) is 16.9 Å². The number of nitrogens with zero attached hydrogens (tertiary/aromatic N) is 2. The maximum absolute atomic E-state index is 12.0. The van der Waals surface area contributed by atoms with Crippen LogP contribution in [-0.2, 0) is 6.32 Å². The van der Waals surface area contributed by atoms with Crippen molar-refractivity contribution in [1.82, 2.24) is 9.97 Å². The third-order valence-electron chi connectivity index (χ3n) is 1.38. The molecule has 0 spiro atoms. The first kappa shape index (κ1) is 14.1. The van der Waals surface area contributed by atoms with Crippen LogP contribution in [0.5, 0.6) is 0 Å². The molecular formula is C7H5BF3KN2. The molecule has 14 heavy (non-hydrogen) atoms. The molecule has 0 radical (unpaired) electrons. The van der Waals surface area contributed by atoms with Gasteiger partial charge in [0.05, 0.1) is 0 Å². The van der Waals surface area contributed by atoms with Gasteiger partial charge in [0.2, 0.25) is 0 Å². The minimum absolute atomic E-state index is 0. The number of aromatic nitrogens is 2. The topological polar surface area (TPSA) is 25.8 Å². The standard InChI is InChI=1S/C7H5BF3N2.K/c1-2-7-6(3-8(9,10)11)4-12-5-13-7;/h1,4-5H,3H2;/q-1;+1. The van der Waals surface area contributed by atoms with Gasteiger partial charge in [0, 0.05) is 6.20 Å². The summed E-state index contributed by atoms with van der Waals surface area (Å²) in [5, 5.41) is 0. The van der Waals surface area contributed by atoms with E-state index >= 15 is 0 Å². The average Bonchev–Trinajstić information content (AvgIpc) is 2.02. The van der Waals surface area contributed by atoms with E-state index < -0.39 is 13.3 Å². The van der Waals surface area contributed by atoms with E-state index in [2.05, 4.69) is 15.9 Å². The number of hydrogen-bond acceptors (Lipinski definition) is 2. The van der Waals surface area contributed by atoms with Crippen molar-refractivity contribution in [2.45, 2.75) is 6.32 Å². The van der Waals surface area contributed by atoms with Crippen LogP contribution in [0.15, 0.2) is 12.5 Å². The van der Waals surface area contributed by atoms with Crippen molar-refractivity contribution < 1.29 is 64.3 Å². The molecule has 0 aromatic carbocycles. The van der Waals surface area contributed by atoms with Gasteiger partial charge in [-0.25, -0.2) is 9.97 Å². The normalized spacial score (nSPS) is 10.1. The van der Waals surface area contributed by atoms with Crippen LogP contribution in [0, 0.1) is 12.3 Å². The van der Waals surface area contributed by atoms with E-state index in [1.54, 1.807) is 0 Å². The first-order valence-corrected chi connectivity index (χ1v) is 3.49. The minimum Gasteiger partial charge on any atom is -0.449 e. The molecule has 0 saturated carbocycles. The summed E-state index contributed by atoms with van der Waals surface area (Å²) >= 11 is 0. The summed E-state index contributed by atoms with van der Waals surface area (Å²) in [6.07, 6.45) is 6.16. The van der Waals surface area contributed by atoms with Gasteiger partial charge in [0.1, 0.15) is 12.0 Å². The predicted octanol–water partition coefficient (Wildman–Crippen LogP) is -1.61. The summed E-state index contributed by atoms with van der Waals surface area (Å²) < 4.78 is 36.0. The maximum Gasteiger partial charge on any atom is 1.00 e. The van der Waals surface area contributed by atoms with Crippen molar-refractivity contribution in [3.8, 4) is 12.3 Å². The summed E-state index contributed by atoms with van der Waals surface area (Å²) in [4.78, 5) is 7.02. The van der Waals surface area contributed by atoms with E-state index in [9.17, 15) is 12.9 Å². The zero-order valence-electron chi connectivity index (χ0n) is 7.54. The first-order valence-electron chi connectivity index (χ1n) is 3.49. The molecule has 1 rings (SSSR count). The SMILES string of the molecule is C#Cc1ncncc1C[B-](F)(F)F.[K+]. The minimum atomic E-state index is -4.88. The fourth-order valence-corrected chi connectivity index (χ4v) is 0.887. The molecule has 0 fully saturated rings. The van der Waals surface area contributed by atoms with Gasteiger partial charge in [-0.3, -0.25) is 0 Å². The van der Waals surface area contributed by atoms with Crippen molar-refractivity contribution >= 4 is 6.98 Å². The summed E-state index contributed by atoms with van der Waals surface area (Å²) in [6, 6.07) is 0. The van der Waals surface area contributed by atoms with E-state index in [1.165, 1.54) is 0 Å². The smallest absolute Gasteiger partial charge is 0.449 e. The summed E-state index contributed by atoms with van der Waals surface area (Å²) in [5.41, 5.74) is -0.0355. The van der Waals surface area contributed by atoms with Crippen LogP contribution in [0.1, 0.15) is 11.3 Å². The second-order valence-corrected chi connectivity index (χ2v) is 2.46. The first-order chi connectivity index (χ1) is 6.03. The van der Waals surface area contributed by atoms with E-state index in [4.69, 9.17) is 6.42 Å². The fourth-order valence-electron chi connectivity index (χ4n) is 0.887. The molecular weight excluding hydrogens is 219 g/mol. The van der Waals surface area contributed by atoms with Crippen LogP contribution in [0.4, 0.5) is 12.9 Å². The summed E-state index contributed by atoms with van der Waals surface area (Å²) in [5.74, 6) is 2.08. The zero-order chi connectivity index (χ0) is 9.90. The Kier molecular flexibility index (Phi) is 5.93. The third-order valence-corrected chi connectivity index (χ3v) is 1.38. The molecule has 0 aliphatic carbocycles. The van der Waals surface area contributed by atoms with Crippen LogP contribution in [0.25, 0.3) is 0 Å². The van der Waals surface area contributed by atoms with Gasteiger partial charge >= 0.3 is 58.4 Å². The molecule has 0 unspecified atom stereocenters. The Bertz CT molecular complexity index is 348. The monoisotopic (exact) mass is 224 g/mol. The van der Waals surface area contributed by atoms with Crippen molar-refractivity contribution in [1.29, 1.82) is 0 Å². The maximum atomic E-state index is 12.0. The summed E-state index contributed by atoms with van der Waals surface area (Å²) in [7, 11) is 0. The predicted molar refractivity (Wildman–Crippen MR) is 42.7 cm³/mol. The van der Waals surface area contributed by atoms with Gasteiger partial charge < -0.3 is 12.9 Å². The average molecular weight is 224 g/mol. The molecule has 0 amide bonds. The van der Waals surface area contributed by atoms with Gasteiger partial charge in [-0.15, -0.1) is 6.42 Å². The van der Waals surface area contributed by atoms with Crippen molar-refractivity contribution in [2.24, 2.45) is 0 Å². The quantitative estimate of drug-likeness (QED) is 0.446. The Labute approximate surface area is 122 Å². The van der Waals surface area contributed by atoms with Crippen LogP contribution >= 0.6 is 0 Å². The molecule has 1 heterocycles. The van der Waals surface area contributed by atoms with E-state index in [-0.39, 0.29) is 62.6 Å². The largest absolute Gasteiger partial charge is 1.00 e. The Morgan fingerprint density at radius 3 is 2.57 bits per heavy atom. The fraction of sp³-hybridized carbons (Fsp3) is 0.143. The second kappa shape index (κ2) is 5.88. The molecule has 0 aliphatic heterocycles. The van der Waals surface area contributed by atoms with E-state index in [0.29, 0.717) is 0 Å². The number of rotatable bonds is 2. The third kappa shape index (κ3) is 4.57. The second-order valence-electron chi connectivity index (χ2n) is 2.46. The molecule has 2 nitrogen and oxygen atoms in total. The Balaban J connectivity index is 0.00000169. The van der Waals surface area contributed by atoms with Crippen molar-refractivity contribution in [3.05, 3.63) is 23.8 Å². The number of hydrogen-bond donors (Lipinski definition) is 0. The molecule has 0 bridgehead atoms. The Hall–Kier alpha value is 0.131. The van der Waals surface area contributed by atoms with E-state index in [1.807, 2.05) is 0 Å². The van der Waals surface area contributed by atoms with Crippen molar-refractivity contribution in [3.63, 3.8) is 0 Å². The molecule has 1 aromatic heterocycles. The molecule has 0 aliphatic rings. The number of halogens is 3. The van der Waals surface area contributed by atoms with Crippen molar-refractivity contribution in [2.75, 3.05) is 0 Å². The Morgan fingerprint density at radius 2 is 2.07 bits per heavy atom. The van der Waals surface area contributed by atoms with Crippen LogP contribution in [0.3, 0.4) is 0 Å². The zero-order valence-corrected chi connectivity index (χ0v) is 10.7. The molecule has 0 N–H and O–H groups in total. The van der Waals surface area contributed by atoms with Gasteiger partial charge in [-0.1, -0.05) is 6.32 Å². The van der Waals surface area contributed by atoms with Crippen LogP contribution in [0.2, 0.25) is 0 Å². The molecule has 7 heteroatoms. The van der Waals surface area contributed by atoms with Gasteiger partial charge in [-0.05, 0) is 11.5 Å². The van der Waals surface area contributed by atoms with Crippen LogP contribution < -0.4 is 51.4 Å². The van der Waals surface area contributed by atoms with Gasteiger partial charge in [0.15, 0.2) is 0 Å². The van der Waals surface area contributed by atoms with Gasteiger partial charge in [0.25, 0.3) is 0 Å². The Morgan fingerprint density at radius 1 is 1.43 bits per heavy atom. The van der Waals surface area contributed by atoms with Gasteiger partial charge in [-0.2, -0.15) is 0 Å².